The summed E-state index contributed by atoms with van der Waals surface area (Å²) in [5, 5.41) is 10.0. The minimum atomic E-state index is -10.7. The van der Waals surface area contributed by atoms with E-state index in [-0.39, 0.29) is 25.2 Å². The number of aromatic carboxylic acids is 1. The van der Waals surface area contributed by atoms with Gasteiger partial charge in [0.2, 0.25) is 0 Å². The van der Waals surface area contributed by atoms with Crippen LogP contribution in [0.2, 0.25) is 0 Å². The zero-order valence-electron chi connectivity index (χ0n) is 20.7. The summed E-state index contributed by atoms with van der Waals surface area (Å²) in [7, 11) is -10.7. The second-order valence-corrected chi connectivity index (χ2v) is 9.24. The standard InChI is InChI=1S/2C10H8N2.C6H5NO2.F6P.Ru/c2*1-3-7-11-9(5-1)10-6-2-4-8-12-10;8-6(9)5-3-1-2-4-7-5;1-7(2,3,4,5)6;/h2*1-8H;1-4H,(H,8,9);;/q;;;-1;+2/p-1. The molecule has 5 rings (SSSR count). The van der Waals surface area contributed by atoms with Gasteiger partial charge in [-0.15, -0.1) is 0 Å². The molecule has 5 heterocycles. The van der Waals surface area contributed by atoms with Crippen molar-refractivity contribution in [1.82, 2.24) is 24.9 Å². The quantitative estimate of drug-likeness (QED) is 0.114. The van der Waals surface area contributed by atoms with Crippen molar-refractivity contribution < 1.29 is 54.6 Å². The van der Waals surface area contributed by atoms with Crippen molar-refractivity contribution in [2.45, 2.75) is 0 Å². The Kier molecular flexibility index (Phi) is 12.8. The van der Waals surface area contributed by atoms with Gasteiger partial charge in [0.1, 0.15) is 0 Å². The molecule has 0 saturated heterocycles. The summed E-state index contributed by atoms with van der Waals surface area (Å²) in [5.41, 5.74) is 3.63. The largest absolute Gasteiger partial charge is 2.00 e. The first-order valence-electron chi connectivity index (χ1n) is 11.0. The molecule has 0 radical (unpaired) electrons. The van der Waals surface area contributed by atoms with Crippen LogP contribution in [0.5, 0.6) is 0 Å². The molecular formula is C26H20F6N5O2PRu. The van der Waals surface area contributed by atoms with Gasteiger partial charge in [-0.25, -0.2) is 0 Å². The smallest absolute Gasteiger partial charge is 0.543 e. The molecule has 5 aromatic rings. The molecule has 0 bridgehead atoms. The number of pyridine rings is 5. The second kappa shape index (κ2) is 15.0. The van der Waals surface area contributed by atoms with E-state index in [9.17, 15) is 35.1 Å². The van der Waals surface area contributed by atoms with Crippen molar-refractivity contribution in [3.05, 3.63) is 128 Å². The summed E-state index contributed by atoms with van der Waals surface area (Å²) < 4.78 is 59.2. The molecule has 0 amide bonds. The van der Waals surface area contributed by atoms with Crippen LogP contribution < -0.4 is 5.11 Å². The van der Waals surface area contributed by atoms with Gasteiger partial charge in [-0.2, -0.15) is 0 Å². The van der Waals surface area contributed by atoms with Gasteiger partial charge in [0.15, 0.2) is 0 Å². The summed E-state index contributed by atoms with van der Waals surface area (Å²) in [4.78, 5) is 30.3. The SMILES string of the molecule is F[P-](F)(F)(F)(F)F.O=C([O-])c1ccccn1.[Ru+2].c1ccc(-c2ccccn2)nc1.c1ccc(-c2ccccn2)nc1. The fourth-order valence-electron chi connectivity index (χ4n) is 2.54. The van der Waals surface area contributed by atoms with Crippen molar-refractivity contribution >= 4 is 13.8 Å². The minimum Gasteiger partial charge on any atom is -0.543 e. The molecule has 216 valence electrons. The number of hydrogen-bond donors (Lipinski definition) is 0. The van der Waals surface area contributed by atoms with Crippen LogP contribution in [0, 0.1) is 0 Å². The Morgan fingerprint density at radius 3 is 0.878 bits per heavy atom. The molecular weight excluding hydrogens is 660 g/mol. The molecule has 0 atom stereocenters. The zero-order chi connectivity index (χ0) is 29.6. The van der Waals surface area contributed by atoms with Gasteiger partial charge >= 0.3 is 52.5 Å². The average Bonchev–Trinajstić information content (AvgIpc) is 2.94. The van der Waals surface area contributed by atoms with Crippen LogP contribution in [-0.2, 0) is 19.5 Å². The Morgan fingerprint density at radius 1 is 0.488 bits per heavy atom. The summed E-state index contributed by atoms with van der Waals surface area (Å²) >= 11 is 0. The summed E-state index contributed by atoms with van der Waals surface area (Å²) in [5.74, 6) is -1.24. The van der Waals surface area contributed by atoms with E-state index in [2.05, 4.69) is 24.9 Å². The van der Waals surface area contributed by atoms with Crippen LogP contribution in [0.25, 0.3) is 22.8 Å². The Labute approximate surface area is 243 Å². The monoisotopic (exact) mass is 681 g/mol. The first kappa shape index (κ1) is 34.9. The van der Waals surface area contributed by atoms with E-state index in [4.69, 9.17) is 0 Å². The number of hydrogen-bond acceptors (Lipinski definition) is 7. The van der Waals surface area contributed by atoms with E-state index in [0.717, 1.165) is 22.8 Å². The minimum absolute atomic E-state index is 0. The number of carbonyl (C=O) groups excluding carboxylic acids is 1. The third-order valence-corrected chi connectivity index (χ3v) is 4.06. The van der Waals surface area contributed by atoms with Crippen LogP contribution in [-0.4, -0.2) is 30.9 Å². The van der Waals surface area contributed by atoms with E-state index >= 15 is 0 Å². The molecule has 7 nitrogen and oxygen atoms in total. The molecule has 15 heteroatoms. The average molecular weight is 681 g/mol. The van der Waals surface area contributed by atoms with Crippen molar-refractivity contribution in [1.29, 1.82) is 0 Å². The maximum atomic E-state index is 10.0. The molecule has 0 N–H and O–H groups in total. The number of carboxylic acid groups (broad SMARTS) is 1. The Morgan fingerprint density at radius 2 is 0.732 bits per heavy atom. The van der Waals surface area contributed by atoms with Crippen molar-refractivity contribution in [3.8, 4) is 22.8 Å². The van der Waals surface area contributed by atoms with Crippen molar-refractivity contribution in [2.75, 3.05) is 0 Å². The summed E-state index contributed by atoms with van der Waals surface area (Å²) in [6.45, 7) is 0. The van der Waals surface area contributed by atoms with E-state index in [1.165, 1.54) is 12.3 Å². The first-order chi connectivity index (χ1) is 18.7. The van der Waals surface area contributed by atoms with Crippen LogP contribution in [0.4, 0.5) is 25.2 Å². The molecule has 0 aliphatic rings. The number of rotatable bonds is 3. The molecule has 0 fully saturated rings. The predicted octanol–water partition coefficient (Wildman–Crippen LogP) is 7.11. The topological polar surface area (TPSA) is 105 Å². The molecule has 41 heavy (non-hydrogen) atoms. The maximum absolute atomic E-state index is 10.7. The number of halogens is 6. The van der Waals surface area contributed by atoms with Gasteiger partial charge in [0, 0.05) is 31.0 Å². The predicted molar refractivity (Wildman–Crippen MR) is 137 cm³/mol. The van der Waals surface area contributed by atoms with E-state index in [0.29, 0.717) is 0 Å². The zero-order valence-corrected chi connectivity index (χ0v) is 23.3. The van der Waals surface area contributed by atoms with Gasteiger partial charge in [-0.1, -0.05) is 30.3 Å². The van der Waals surface area contributed by atoms with Gasteiger partial charge in [0.25, 0.3) is 0 Å². The fourth-order valence-corrected chi connectivity index (χ4v) is 2.54. The van der Waals surface area contributed by atoms with Gasteiger partial charge in [0.05, 0.1) is 34.4 Å². The number of carbonyl (C=O) groups is 1. The van der Waals surface area contributed by atoms with Gasteiger partial charge in [-0.3, -0.25) is 24.9 Å². The van der Waals surface area contributed by atoms with Crippen LogP contribution >= 0.6 is 7.81 Å². The van der Waals surface area contributed by atoms with E-state index in [1.807, 2.05) is 72.8 Å². The number of carboxylic acids is 1. The molecule has 0 saturated carbocycles. The second-order valence-electron chi connectivity index (χ2n) is 7.32. The molecule has 0 spiro atoms. The third-order valence-electron chi connectivity index (χ3n) is 4.06. The number of nitrogens with zero attached hydrogens (tertiary/aromatic N) is 5. The van der Waals surface area contributed by atoms with Crippen molar-refractivity contribution in [3.63, 3.8) is 0 Å². The Bertz CT molecular complexity index is 1280. The third kappa shape index (κ3) is 17.9. The van der Waals surface area contributed by atoms with Crippen LogP contribution in [0.1, 0.15) is 10.5 Å². The number of aromatic nitrogens is 5. The maximum Gasteiger partial charge on any atom is 2.00 e. The summed E-state index contributed by atoms with van der Waals surface area (Å²) in [6.07, 6.45) is 8.48. The molecule has 0 aliphatic carbocycles. The Hall–Kier alpha value is -4.15. The first-order valence-corrected chi connectivity index (χ1v) is 13.1. The van der Waals surface area contributed by atoms with Crippen molar-refractivity contribution in [2.24, 2.45) is 0 Å². The van der Waals surface area contributed by atoms with Crippen LogP contribution in [0.15, 0.2) is 122 Å². The molecule has 0 aromatic carbocycles. The van der Waals surface area contributed by atoms with E-state index in [1.54, 1.807) is 36.9 Å². The Balaban J connectivity index is 0.000000278. The molecule has 5 aromatic heterocycles. The van der Waals surface area contributed by atoms with Crippen LogP contribution in [0.3, 0.4) is 0 Å². The normalized spacial score (nSPS) is 11.6. The fraction of sp³-hybridized carbons (Fsp3) is 0. The van der Waals surface area contributed by atoms with Gasteiger partial charge in [-0.05, 0) is 60.7 Å². The summed E-state index contributed by atoms with van der Waals surface area (Å²) in [6, 6.07) is 27.8. The van der Waals surface area contributed by atoms with Gasteiger partial charge < -0.3 is 9.90 Å². The van der Waals surface area contributed by atoms with E-state index < -0.39 is 13.8 Å². The molecule has 0 unspecified atom stereocenters. The molecule has 0 aliphatic heterocycles.